The molecule has 0 saturated carbocycles. The summed E-state index contributed by atoms with van der Waals surface area (Å²) in [6.45, 7) is 4.32. The van der Waals surface area contributed by atoms with Crippen molar-refractivity contribution < 1.29 is 19.4 Å². The van der Waals surface area contributed by atoms with Crippen LogP contribution in [0.3, 0.4) is 0 Å². The van der Waals surface area contributed by atoms with Crippen molar-refractivity contribution in [3.8, 4) is 0 Å². The fourth-order valence-corrected chi connectivity index (χ4v) is 2.41. The predicted octanol–water partition coefficient (Wildman–Crippen LogP) is 1.12. The quantitative estimate of drug-likeness (QED) is 0.803. The van der Waals surface area contributed by atoms with Crippen LogP contribution in [-0.2, 0) is 14.3 Å². The number of rotatable bonds is 4. The third-order valence-corrected chi connectivity index (χ3v) is 3.52. The zero-order valence-electron chi connectivity index (χ0n) is 10.7. The van der Waals surface area contributed by atoms with E-state index >= 15 is 0 Å². The number of methoxy groups -OCH3 is 1. The fourth-order valence-electron chi connectivity index (χ4n) is 2.41. The van der Waals surface area contributed by atoms with Crippen molar-refractivity contribution in [2.24, 2.45) is 5.92 Å². The van der Waals surface area contributed by atoms with Crippen molar-refractivity contribution in [2.75, 3.05) is 13.7 Å². The van der Waals surface area contributed by atoms with E-state index in [1.807, 2.05) is 6.92 Å². The first-order valence-electron chi connectivity index (χ1n) is 6.09. The smallest absolute Gasteiger partial charge is 0.308 e. The number of carbonyl (C=O) groups excluding carboxylic acids is 1. The van der Waals surface area contributed by atoms with Crippen LogP contribution in [0.15, 0.2) is 0 Å². The Bertz CT molecular complexity index is 288. The van der Waals surface area contributed by atoms with Crippen molar-refractivity contribution >= 4 is 11.9 Å². The van der Waals surface area contributed by atoms with Crippen molar-refractivity contribution in [2.45, 2.75) is 45.3 Å². The number of carboxylic acids is 1. The highest BCUT2D eigenvalue weighted by Crippen LogP contribution is 2.25. The molecule has 1 unspecified atom stereocenters. The van der Waals surface area contributed by atoms with Gasteiger partial charge in [0.05, 0.1) is 5.92 Å². The molecular formula is C12H21NO4. The highest BCUT2D eigenvalue weighted by molar-refractivity contribution is 5.82. The minimum Gasteiger partial charge on any atom is -0.481 e. The van der Waals surface area contributed by atoms with Crippen LogP contribution in [-0.4, -0.2) is 47.7 Å². The Morgan fingerprint density at radius 1 is 1.53 bits per heavy atom. The molecule has 1 aliphatic heterocycles. The molecule has 0 spiro atoms. The van der Waals surface area contributed by atoms with Crippen LogP contribution in [0.5, 0.6) is 0 Å². The summed E-state index contributed by atoms with van der Waals surface area (Å²) in [5, 5.41) is 9.09. The lowest BCUT2D eigenvalue weighted by Crippen LogP contribution is -2.52. The van der Waals surface area contributed by atoms with Gasteiger partial charge in [-0.15, -0.1) is 0 Å². The third kappa shape index (κ3) is 2.97. The van der Waals surface area contributed by atoms with E-state index in [0.717, 1.165) is 6.42 Å². The summed E-state index contributed by atoms with van der Waals surface area (Å²) in [4.78, 5) is 24.9. The summed E-state index contributed by atoms with van der Waals surface area (Å²) in [5.74, 6) is -1.36. The van der Waals surface area contributed by atoms with Gasteiger partial charge in [-0.05, 0) is 26.2 Å². The summed E-state index contributed by atoms with van der Waals surface area (Å²) in [5.41, 5.74) is 0. The van der Waals surface area contributed by atoms with Gasteiger partial charge in [0.2, 0.25) is 0 Å². The molecular weight excluding hydrogens is 222 g/mol. The molecule has 0 radical (unpaired) electrons. The monoisotopic (exact) mass is 243 g/mol. The summed E-state index contributed by atoms with van der Waals surface area (Å²) in [7, 11) is 1.51. The Kier molecular flexibility index (Phi) is 4.93. The van der Waals surface area contributed by atoms with Gasteiger partial charge in [-0.2, -0.15) is 0 Å². The lowest BCUT2D eigenvalue weighted by Gasteiger charge is -2.38. The largest absolute Gasteiger partial charge is 0.481 e. The number of piperidine rings is 1. The first-order valence-corrected chi connectivity index (χ1v) is 6.09. The van der Waals surface area contributed by atoms with Crippen LogP contribution in [0.1, 0.15) is 33.1 Å². The Morgan fingerprint density at radius 2 is 2.18 bits per heavy atom. The van der Waals surface area contributed by atoms with E-state index < -0.39 is 18.0 Å². The third-order valence-electron chi connectivity index (χ3n) is 3.52. The zero-order valence-corrected chi connectivity index (χ0v) is 10.7. The maximum atomic E-state index is 12.1. The summed E-state index contributed by atoms with van der Waals surface area (Å²) >= 11 is 0. The Labute approximate surface area is 102 Å². The lowest BCUT2D eigenvalue weighted by molar-refractivity contribution is -0.153. The van der Waals surface area contributed by atoms with Crippen molar-refractivity contribution in [3.63, 3.8) is 0 Å². The Morgan fingerprint density at radius 3 is 2.65 bits per heavy atom. The SMILES string of the molecule is CCC(OC)C(=O)N1CCC[C@H](C(=O)O)[C@@H]1C. The Balaban J connectivity index is 2.76. The number of hydrogen-bond donors (Lipinski definition) is 1. The van der Waals surface area contributed by atoms with E-state index in [0.29, 0.717) is 19.4 Å². The molecule has 17 heavy (non-hydrogen) atoms. The number of likely N-dealkylation sites (tertiary alicyclic amines) is 1. The zero-order chi connectivity index (χ0) is 13.0. The maximum Gasteiger partial charge on any atom is 0.308 e. The number of aliphatic carboxylic acids is 1. The number of nitrogens with zero attached hydrogens (tertiary/aromatic N) is 1. The van der Waals surface area contributed by atoms with Crippen LogP contribution in [0.4, 0.5) is 0 Å². The molecule has 0 aromatic carbocycles. The first kappa shape index (κ1) is 14.0. The average Bonchev–Trinajstić information content (AvgIpc) is 2.30. The summed E-state index contributed by atoms with van der Waals surface area (Å²) in [6.07, 6.45) is 1.54. The minimum atomic E-state index is -0.819. The number of ether oxygens (including phenoxy) is 1. The molecule has 0 aromatic rings. The molecule has 1 rings (SSSR count). The Hall–Kier alpha value is -1.10. The second kappa shape index (κ2) is 6.00. The number of hydrogen-bond acceptors (Lipinski definition) is 3. The molecule has 3 atom stereocenters. The topological polar surface area (TPSA) is 66.8 Å². The first-order chi connectivity index (χ1) is 8.02. The summed E-state index contributed by atoms with van der Waals surface area (Å²) < 4.78 is 5.12. The van der Waals surface area contributed by atoms with Crippen LogP contribution in [0, 0.1) is 5.92 Å². The maximum absolute atomic E-state index is 12.1. The lowest BCUT2D eigenvalue weighted by atomic mass is 9.90. The van der Waals surface area contributed by atoms with E-state index in [-0.39, 0.29) is 11.9 Å². The van der Waals surface area contributed by atoms with E-state index in [9.17, 15) is 9.59 Å². The van der Waals surface area contributed by atoms with Crippen LogP contribution in [0.25, 0.3) is 0 Å². The second-order valence-corrected chi connectivity index (χ2v) is 4.49. The molecule has 98 valence electrons. The fraction of sp³-hybridized carbons (Fsp3) is 0.833. The van der Waals surface area contributed by atoms with Gasteiger partial charge < -0.3 is 14.7 Å². The molecule has 0 aromatic heterocycles. The predicted molar refractivity (Wildman–Crippen MR) is 62.6 cm³/mol. The van der Waals surface area contributed by atoms with Crippen molar-refractivity contribution in [1.82, 2.24) is 4.90 Å². The highest BCUT2D eigenvalue weighted by atomic mass is 16.5. The number of carbonyl (C=O) groups is 2. The van der Waals surface area contributed by atoms with Crippen LogP contribution < -0.4 is 0 Å². The molecule has 1 saturated heterocycles. The van der Waals surface area contributed by atoms with Crippen molar-refractivity contribution in [1.29, 1.82) is 0 Å². The molecule has 1 N–H and O–H groups in total. The van der Waals surface area contributed by atoms with Gasteiger partial charge >= 0.3 is 5.97 Å². The minimum absolute atomic E-state index is 0.0894. The molecule has 1 amide bonds. The van der Waals surface area contributed by atoms with E-state index in [2.05, 4.69) is 0 Å². The van der Waals surface area contributed by atoms with E-state index in [1.165, 1.54) is 7.11 Å². The number of carboxylic acid groups (broad SMARTS) is 1. The van der Waals surface area contributed by atoms with Gasteiger partial charge in [-0.3, -0.25) is 9.59 Å². The standard InChI is InChI=1S/C12H21NO4/c1-4-10(17-3)11(14)13-7-5-6-9(8(13)2)12(15)16/h8-10H,4-7H2,1-3H3,(H,15,16)/t8-,9-,10?/m0/s1. The second-order valence-electron chi connectivity index (χ2n) is 4.49. The highest BCUT2D eigenvalue weighted by Gasteiger charge is 2.37. The van der Waals surface area contributed by atoms with E-state index in [1.54, 1.807) is 11.8 Å². The molecule has 1 aliphatic rings. The van der Waals surface area contributed by atoms with Crippen molar-refractivity contribution in [3.05, 3.63) is 0 Å². The van der Waals surface area contributed by atoms with Gasteiger partial charge in [-0.1, -0.05) is 6.92 Å². The summed E-state index contributed by atoms with van der Waals surface area (Å²) in [6, 6.07) is -0.252. The molecule has 5 nitrogen and oxygen atoms in total. The van der Waals surface area contributed by atoms with E-state index in [4.69, 9.17) is 9.84 Å². The number of amides is 1. The molecule has 1 fully saturated rings. The van der Waals surface area contributed by atoms with Crippen LogP contribution >= 0.6 is 0 Å². The molecule has 1 heterocycles. The molecule has 0 aliphatic carbocycles. The van der Waals surface area contributed by atoms with Crippen LogP contribution in [0.2, 0.25) is 0 Å². The van der Waals surface area contributed by atoms with Gasteiger partial charge in [0.1, 0.15) is 6.10 Å². The van der Waals surface area contributed by atoms with Gasteiger partial charge in [0.25, 0.3) is 5.91 Å². The van der Waals surface area contributed by atoms with Gasteiger partial charge in [0, 0.05) is 19.7 Å². The normalized spacial score (nSPS) is 26.6. The molecule has 5 heteroatoms. The van der Waals surface area contributed by atoms with Gasteiger partial charge in [-0.25, -0.2) is 0 Å². The average molecular weight is 243 g/mol. The van der Waals surface area contributed by atoms with Gasteiger partial charge in [0.15, 0.2) is 0 Å². The molecule has 0 bridgehead atoms.